The lowest BCUT2D eigenvalue weighted by atomic mass is 9.41. The highest BCUT2D eigenvalue weighted by molar-refractivity contribution is 5.77. The molecule has 10 nitrogen and oxygen atoms in total. The maximum Gasteiger partial charge on any atom is 0.323 e. The molecule has 9 unspecified atom stereocenters. The molecule has 50 heavy (non-hydrogen) atoms. The summed E-state index contributed by atoms with van der Waals surface area (Å²) < 4.78 is 25.4. The summed E-state index contributed by atoms with van der Waals surface area (Å²) in [6, 6.07) is 0. The van der Waals surface area contributed by atoms with Crippen molar-refractivity contribution in [2.24, 2.45) is 50.7 Å². The molecule has 10 heteroatoms. The van der Waals surface area contributed by atoms with Gasteiger partial charge in [-0.3, -0.25) is 14.5 Å². The van der Waals surface area contributed by atoms with E-state index in [0.717, 1.165) is 32.1 Å². The van der Waals surface area contributed by atoms with Crippen LogP contribution >= 0.6 is 0 Å². The minimum atomic E-state index is -1.28. The molecule has 7 aliphatic rings. The molecule has 0 amide bonds. The van der Waals surface area contributed by atoms with E-state index in [2.05, 4.69) is 34.6 Å². The smallest absolute Gasteiger partial charge is 0.323 e. The number of fused-ring (bicyclic) bond motifs is 4. The van der Waals surface area contributed by atoms with Gasteiger partial charge in [0, 0.05) is 18.9 Å². The van der Waals surface area contributed by atoms with Gasteiger partial charge in [-0.1, -0.05) is 34.6 Å². The highest BCUT2D eigenvalue weighted by atomic mass is 16.7. The van der Waals surface area contributed by atoms with Crippen molar-refractivity contribution in [1.82, 2.24) is 4.90 Å². The summed E-state index contributed by atoms with van der Waals surface area (Å²) in [5.41, 5.74) is -2.31. The molecule has 2 spiro atoms. The van der Waals surface area contributed by atoms with Gasteiger partial charge in [0.15, 0.2) is 12.4 Å². The van der Waals surface area contributed by atoms with E-state index >= 15 is 0 Å². The van der Waals surface area contributed by atoms with Gasteiger partial charge in [-0.05, 0) is 124 Å². The molecule has 2 aliphatic heterocycles. The minimum Gasteiger partial charge on any atom is -0.480 e. The Labute approximate surface area is 299 Å². The van der Waals surface area contributed by atoms with E-state index < -0.39 is 47.7 Å². The number of aliphatic carboxylic acids is 1. The lowest BCUT2D eigenvalue weighted by Gasteiger charge is -2.64. The van der Waals surface area contributed by atoms with E-state index in [4.69, 9.17) is 18.9 Å². The molecule has 14 atom stereocenters. The standard InChI is InChI=1S/C40H65NO9/c1-22-19-24(32(36(7,8)46)48-23(2)42)49-30-29(22)37(9)15-16-40-21-39(40)14-13-27(50-28-20-41(17-18-47-28)35(5,6)33(44)45)34(3,4)25(39)11-12-26(40)38(37,10)31(30)43/h22,24-32,43,46H,11-21H2,1-10H3,(H,44,45)/t22-,24?,25+,26?,27?,28?,29+,30?,31+,32?,37?,38-,39?,40?/m1/s1. The predicted molar refractivity (Wildman–Crippen MR) is 186 cm³/mol. The Morgan fingerprint density at radius 1 is 0.980 bits per heavy atom. The number of rotatable bonds is 7. The number of hydrogen-bond donors (Lipinski definition) is 3. The molecule has 0 radical (unpaired) electrons. The van der Waals surface area contributed by atoms with E-state index in [1.165, 1.54) is 19.8 Å². The fourth-order valence-electron chi connectivity index (χ4n) is 14.1. The number of ether oxygens (including phenoxy) is 4. The molecule has 2 saturated heterocycles. The lowest BCUT2D eigenvalue weighted by Crippen LogP contribution is -2.61. The van der Waals surface area contributed by atoms with Crippen LogP contribution in [0.2, 0.25) is 0 Å². The fraction of sp³-hybridized carbons (Fsp3) is 0.950. The first-order chi connectivity index (χ1) is 23.1. The zero-order chi connectivity index (χ0) is 36.6. The topological polar surface area (TPSA) is 135 Å². The maximum absolute atomic E-state index is 12.6. The van der Waals surface area contributed by atoms with E-state index in [0.29, 0.717) is 38.0 Å². The zero-order valence-electron chi connectivity index (χ0n) is 32.3. The number of carbonyl (C=O) groups excluding carboxylic acids is 1. The molecule has 5 aliphatic carbocycles. The molecule has 2 heterocycles. The van der Waals surface area contributed by atoms with E-state index in [1.54, 1.807) is 27.7 Å². The Balaban J connectivity index is 1.11. The van der Waals surface area contributed by atoms with Gasteiger partial charge in [0.2, 0.25) is 0 Å². The van der Waals surface area contributed by atoms with Gasteiger partial charge in [-0.2, -0.15) is 0 Å². The maximum atomic E-state index is 12.6. The van der Waals surface area contributed by atoms with Gasteiger partial charge < -0.3 is 34.3 Å². The number of aliphatic hydroxyl groups excluding tert-OH is 1. The van der Waals surface area contributed by atoms with Crippen LogP contribution in [0.5, 0.6) is 0 Å². The molecular formula is C40H65NO9. The van der Waals surface area contributed by atoms with Crippen molar-refractivity contribution in [2.75, 3.05) is 19.7 Å². The van der Waals surface area contributed by atoms with E-state index in [-0.39, 0.29) is 51.1 Å². The Bertz CT molecular complexity index is 1380. The zero-order valence-corrected chi connectivity index (χ0v) is 32.3. The monoisotopic (exact) mass is 703 g/mol. The molecule has 0 aromatic carbocycles. The van der Waals surface area contributed by atoms with Gasteiger partial charge in [0.05, 0.1) is 43.2 Å². The second-order valence-corrected chi connectivity index (χ2v) is 20.0. The summed E-state index contributed by atoms with van der Waals surface area (Å²) in [6.07, 6.45) is 5.65. The summed E-state index contributed by atoms with van der Waals surface area (Å²) in [7, 11) is 0. The van der Waals surface area contributed by atoms with Crippen molar-refractivity contribution in [2.45, 2.75) is 169 Å². The number of nitrogens with zero attached hydrogens (tertiary/aromatic N) is 1. The SMILES string of the molecule is CC(=O)OC(C1C[C@@H](C)[C@H]2C(O1)[C@H](O)[C@@]1(C)C3CC[C@H]4C(C)(C)C(OC5CN(C(C)(C)C(=O)O)CCO5)CCC45CC35CCC21C)C(C)(C)O. The number of carbonyl (C=O) groups is 2. The van der Waals surface area contributed by atoms with Gasteiger partial charge in [-0.15, -0.1) is 0 Å². The number of carboxylic acids is 1. The van der Waals surface area contributed by atoms with Crippen LogP contribution in [-0.2, 0) is 28.5 Å². The number of esters is 1. The van der Waals surface area contributed by atoms with Crippen molar-refractivity contribution in [3.8, 4) is 0 Å². The molecule has 7 fully saturated rings. The normalized spacial score (nSPS) is 49.0. The Morgan fingerprint density at radius 2 is 1.64 bits per heavy atom. The van der Waals surface area contributed by atoms with Crippen molar-refractivity contribution >= 4 is 11.9 Å². The lowest BCUT2D eigenvalue weighted by molar-refractivity contribution is -0.254. The van der Waals surface area contributed by atoms with Crippen molar-refractivity contribution in [1.29, 1.82) is 0 Å². The van der Waals surface area contributed by atoms with E-state index in [9.17, 15) is 24.9 Å². The Kier molecular flexibility index (Phi) is 8.59. The second-order valence-electron chi connectivity index (χ2n) is 20.0. The third-order valence-electron chi connectivity index (χ3n) is 16.8. The van der Waals surface area contributed by atoms with Crippen LogP contribution in [0.15, 0.2) is 0 Å². The first-order valence-corrected chi connectivity index (χ1v) is 19.6. The number of aliphatic hydroxyl groups is 2. The fourth-order valence-corrected chi connectivity index (χ4v) is 14.1. The second kappa shape index (κ2) is 11.6. The summed E-state index contributed by atoms with van der Waals surface area (Å²) in [6.45, 7) is 21.6. The van der Waals surface area contributed by atoms with Crippen LogP contribution < -0.4 is 0 Å². The van der Waals surface area contributed by atoms with E-state index in [1.807, 2.05) is 4.90 Å². The molecule has 0 aromatic heterocycles. The van der Waals surface area contributed by atoms with Crippen LogP contribution in [0.3, 0.4) is 0 Å². The van der Waals surface area contributed by atoms with Gasteiger partial charge in [-0.25, -0.2) is 0 Å². The molecule has 7 rings (SSSR count). The quantitative estimate of drug-likeness (QED) is 0.296. The van der Waals surface area contributed by atoms with Crippen LogP contribution in [0, 0.1) is 50.7 Å². The molecular weight excluding hydrogens is 638 g/mol. The van der Waals surface area contributed by atoms with Crippen LogP contribution in [0.4, 0.5) is 0 Å². The predicted octanol–water partition coefficient (Wildman–Crippen LogP) is 5.41. The molecule has 5 saturated carbocycles. The van der Waals surface area contributed by atoms with Crippen molar-refractivity contribution in [3.05, 3.63) is 0 Å². The summed E-state index contributed by atoms with van der Waals surface area (Å²) in [5.74, 6) is 0.0461. The van der Waals surface area contributed by atoms with Crippen LogP contribution in [0.25, 0.3) is 0 Å². The largest absolute Gasteiger partial charge is 0.480 e. The number of hydrogen-bond acceptors (Lipinski definition) is 9. The average Bonchev–Trinajstić information content (AvgIpc) is 3.65. The number of carboxylic acid groups (broad SMARTS) is 1. The molecule has 0 aromatic rings. The molecule has 3 N–H and O–H groups in total. The van der Waals surface area contributed by atoms with Gasteiger partial charge >= 0.3 is 11.9 Å². The summed E-state index contributed by atoms with van der Waals surface area (Å²) >= 11 is 0. The van der Waals surface area contributed by atoms with Crippen molar-refractivity contribution in [3.63, 3.8) is 0 Å². The number of morpholine rings is 1. The molecule has 284 valence electrons. The Morgan fingerprint density at radius 3 is 2.28 bits per heavy atom. The summed E-state index contributed by atoms with van der Waals surface area (Å²) in [4.78, 5) is 26.1. The minimum absolute atomic E-state index is 0.0294. The highest BCUT2D eigenvalue weighted by Crippen LogP contribution is 2.89. The molecule has 0 bridgehead atoms. The third-order valence-corrected chi connectivity index (χ3v) is 16.8. The highest BCUT2D eigenvalue weighted by Gasteiger charge is 2.84. The summed E-state index contributed by atoms with van der Waals surface area (Å²) in [5, 5.41) is 33.5. The third kappa shape index (κ3) is 4.93. The average molecular weight is 704 g/mol. The van der Waals surface area contributed by atoms with Crippen molar-refractivity contribution < 1.29 is 43.9 Å². The van der Waals surface area contributed by atoms with Crippen LogP contribution in [0.1, 0.15) is 121 Å². The van der Waals surface area contributed by atoms with Crippen LogP contribution in [-0.4, -0.2) is 99.8 Å². The first kappa shape index (κ1) is 37.0. The first-order valence-electron chi connectivity index (χ1n) is 19.6. The Hall–Kier alpha value is -1.30. The van der Waals surface area contributed by atoms with Gasteiger partial charge in [0.1, 0.15) is 5.54 Å². The van der Waals surface area contributed by atoms with Gasteiger partial charge in [0.25, 0.3) is 0 Å².